The topological polar surface area (TPSA) is 90.4 Å². The number of ether oxygens (including phenoxy) is 2. The van der Waals surface area contributed by atoms with Crippen LogP contribution in [0.1, 0.15) is 64.5 Å². The van der Waals surface area contributed by atoms with E-state index >= 15 is 0 Å². The van der Waals surface area contributed by atoms with E-state index in [4.69, 9.17) is 9.47 Å². The van der Waals surface area contributed by atoms with Gasteiger partial charge in [-0.15, -0.1) is 0 Å². The number of aromatic nitrogens is 2. The fourth-order valence-corrected chi connectivity index (χ4v) is 3.92. The molecule has 7 heteroatoms. The van der Waals surface area contributed by atoms with Crippen molar-refractivity contribution >= 4 is 5.97 Å². The first-order valence-electron chi connectivity index (χ1n) is 9.18. The van der Waals surface area contributed by atoms with E-state index in [1.165, 1.54) is 23.3 Å². The lowest BCUT2D eigenvalue weighted by atomic mass is 9.72. The molecule has 138 valence electrons. The van der Waals surface area contributed by atoms with Crippen molar-refractivity contribution in [2.45, 2.75) is 70.6 Å². The molecular weight excluding hydrogens is 324 g/mol. The van der Waals surface area contributed by atoms with E-state index in [0.717, 1.165) is 32.1 Å². The van der Waals surface area contributed by atoms with Gasteiger partial charge in [0.15, 0.2) is 0 Å². The number of hydrogen-bond donors (Lipinski definition) is 1. The molecule has 0 bridgehead atoms. The first-order valence-corrected chi connectivity index (χ1v) is 9.18. The quantitative estimate of drug-likeness (QED) is 0.822. The van der Waals surface area contributed by atoms with E-state index in [0.29, 0.717) is 12.8 Å². The SMILES string of the molecule is CCC1(C(=O)OCC2CCC(n3ccc(=O)[nH]c3=O)O2)CCCCC1. The second-order valence-corrected chi connectivity index (χ2v) is 7.10. The van der Waals surface area contributed by atoms with Crippen LogP contribution in [0.2, 0.25) is 0 Å². The highest BCUT2D eigenvalue weighted by atomic mass is 16.6. The van der Waals surface area contributed by atoms with Crippen molar-refractivity contribution in [3.8, 4) is 0 Å². The predicted molar refractivity (Wildman–Crippen MR) is 91.2 cm³/mol. The summed E-state index contributed by atoms with van der Waals surface area (Å²) in [6, 6.07) is 1.30. The minimum Gasteiger partial charge on any atom is -0.463 e. The Balaban J connectivity index is 1.55. The standard InChI is InChI=1S/C18H26N2O5/c1-2-18(9-4-3-5-10-18)16(22)24-12-13-6-7-15(25-13)20-11-8-14(21)19-17(20)23/h8,11,13,15H,2-7,9-10,12H2,1H3,(H,19,21,23). The van der Waals surface area contributed by atoms with Gasteiger partial charge in [0.1, 0.15) is 12.8 Å². The Morgan fingerprint density at radius 2 is 2.08 bits per heavy atom. The molecule has 1 saturated carbocycles. The van der Waals surface area contributed by atoms with Gasteiger partial charge in [-0.1, -0.05) is 26.2 Å². The zero-order valence-electron chi connectivity index (χ0n) is 14.7. The van der Waals surface area contributed by atoms with Gasteiger partial charge in [-0.05, 0) is 32.1 Å². The summed E-state index contributed by atoms with van der Waals surface area (Å²) in [5.74, 6) is -0.108. The monoisotopic (exact) mass is 350 g/mol. The average molecular weight is 350 g/mol. The molecule has 2 heterocycles. The average Bonchev–Trinajstić information content (AvgIpc) is 3.09. The number of esters is 1. The highest BCUT2D eigenvalue weighted by Crippen LogP contribution is 2.40. The number of rotatable bonds is 5. The van der Waals surface area contributed by atoms with Gasteiger partial charge in [0.2, 0.25) is 0 Å². The molecule has 2 atom stereocenters. The largest absolute Gasteiger partial charge is 0.463 e. The molecule has 1 aromatic heterocycles. The van der Waals surface area contributed by atoms with Gasteiger partial charge in [-0.3, -0.25) is 19.1 Å². The number of carbonyl (C=O) groups is 1. The first kappa shape index (κ1) is 17.9. The zero-order chi connectivity index (χ0) is 17.9. The fraction of sp³-hybridized carbons (Fsp3) is 0.722. The maximum atomic E-state index is 12.6. The van der Waals surface area contributed by atoms with Crippen molar-refractivity contribution in [2.24, 2.45) is 5.41 Å². The predicted octanol–water partition coefficient (Wildman–Crippen LogP) is 2.12. The molecule has 1 aliphatic carbocycles. The van der Waals surface area contributed by atoms with Gasteiger partial charge in [-0.25, -0.2) is 4.79 Å². The molecule has 2 unspecified atom stereocenters. The van der Waals surface area contributed by atoms with Crippen molar-refractivity contribution < 1.29 is 14.3 Å². The van der Waals surface area contributed by atoms with Crippen molar-refractivity contribution in [3.63, 3.8) is 0 Å². The first-order chi connectivity index (χ1) is 12.0. The molecule has 0 spiro atoms. The summed E-state index contributed by atoms with van der Waals surface area (Å²) in [4.78, 5) is 37.8. The normalized spacial score (nSPS) is 25.6. The van der Waals surface area contributed by atoms with Gasteiger partial charge in [0, 0.05) is 12.3 Å². The molecule has 0 amide bonds. The van der Waals surface area contributed by atoms with Gasteiger partial charge >= 0.3 is 11.7 Å². The van der Waals surface area contributed by atoms with Crippen LogP contribution in [0.4, 0.5) is 0 Å². The van der Waals surface area contributed by atoms with Gasteiger partial charge in [0.25, 0.3) is 5.56 Å². The molecule has 2 aliphatic rings. The van der Waals surface area contributed by atoms with E-state index in [1.807, 2.05) is 0 Å². The van der Waals surface area contributed by atoms with Crippen molar-refractivity contribution in [1.29, 1.82) is 0 Å². The molecule has 3 rings (SSSR count). The van der Waals surface area contributed by atoms with E-state index in [1.54, 1.807) is 0 Å². The molecule has 7 nitrogen and oxygen atoms in total. The number of H-pyrrole nitrogens is 1. The molecule has 25 heavy (non-hydrogen) atoms. The minimum atomic E-state index is -0.484. The summed E-state index contributed by atoms with van der Waals surface area (Å²) in [5.41, 5.74) is -1.24. The molecule has 0 aromatic carbocycles. The van der Waals surface area contributed by atoms with Crippen LogP contribution in [0.3, 0.4) is 0 Å². The summed E-state index contributed by atoms with van der Waals surface area (Å²) in [5, 5.41) is 0. The van der Waals surface area contributed by atoms with E-state index in [-0.39, 0.29) is 24.1 Å². The molecule has 0 radical (unpaired) electrons. The van der Waals surface area contributed by atoms with Crippen LogP contribution in [0.25, 0.3) is 0 Å². The Morgan fingerprint density at radius 3 is 2.76 bits per heavy atom. The molecule has 1 N–H and O–H groups in total. The Morgan fingerprint density at radius 1 is 1.32 bits per heavy atom. The molecule has 1 aliphatic heterocycles. The second-order valence-electron chi connectivity index (χ2n) is 7.10. The van der Waals surface area contributed by atoms with Crippen LogP contribution < -0.4 is 11.2 Å². The number of hydrogen-bond acceptors (Lipinski definition) is 5. The Hall–Kier alpha value is -1.89. The van der Waals surface area contributed by atoms with Gasteiger partial charge in [0.05, 0.1) is 11.5 Å². The lowest BCUT2D eigenvalue weighted by Gasteiger charge is -2.34. The molecule has 1 saturated heterocycles. The zero-order valence-corrected chi connectivity index (χ0v) is 14.7. The molecule has 2 fully saturated rings. The summed E-state index contributed by atoms with van der Waals surface area (Å²) in [7, 11) is 0. The highest BCUT2D eigenvalue weighted by Gasteiger charge is 2.40. The Kier molecular flexibility index (Phi) is 5.42. The second kappa shape index (κ2) is 7.56. The number of nitrogens with one attached hydrogen (secondary N) is 1. The lowest BCUT2D eigenvalue weighted by Crippen LogP contribution is -2.36. The van der Waals surface area contributed by atoms with Crippen molar-refractivity contribution in [1.82, 2.24) is 9.55 Å². The number of carbonyl (C=O) groups excluding carboxylic acids is 1. The Bertz CT molecular complexity index is 717. The van der Waals surface area contributed by atoms with Crippen LogP contribution in [0.15, 0.2) is 21.9 Å². The summed E-state index contributed by atoms with van der Waals surface area (Å²) in [6.45, 7) is 2.27. The summed E-state index contributed by atoms with van der Waals surface area (Å²) in [6.07, 6.45) is 8.13. The lowest BCUT2D eigenvalue weighted by molar-refractivity contribution is -0.163. The van der Waals surface area contributed by atoms with Crippen LogP contribution >= 0.6 is 0 Å². The Labute approximate surface area is 146 Å². The van der Waals surface area contributed by atoms with E-state index in [2.05, 4.69) is 11.9 Å². The number of aromatic amines is 1. The third-order valence-corrected chi connectivity index (χ3v) is 5.57. The van der Waals surface area contributed by atoms with Crippen molar-refractivity contribution in [3.05, 3.63) is 33.1 Å². The smallest absolute Gasteiger partial charge is 0.330 e. The minimum absolute atomic E-state index is 0.108. The maximum Gasteiger partial charge on any atom is 0.330 e. The summed E-state index contributed by atoms with van der Waals surface area (Å²) < 4.78 is 12.8. The fourth-order valence-electron chi connectivity index (χ4n) is 3.92. The van der Waals surface area contributed by atoms with E-state index in [9.17, 15) is 14.4 Å². The van der Waals surface area contributed by atoms with Gasteiger partial charge < -0.3 is 9.47 Å². The van der Waals surface area contributed by atoms with Crippen LogP contribution in [0, 0.1) is 5.41 Å². The molecule has 1 aromatic rings. The number of nitrogens with zero attached hydrogens (tertiary/aromatic N) is 1. The third-order valence-electron chi connectivity index (χ3n) is 5.57. The third kappa shape index (κ3) is 3.86. The van der Waals surface area contributed by atoms with Crippen LogP contribution in [-0.2, 0) is 14.3 Å². The summed E-state index contributed by atoms with van der Waals surface area (Å²) >= 11 is 0. The van der Waals surface area contributed by atoms with Crippen molar-refractivity contribution in [2.75, 3.05) is 6.61 Å². The maximum absolute atomic E-state index is 12.6. The highest BCUT2D eigenvalue weighted by molar-refractivity contribution is 5.76. The van der Waals surface area contributed by atoms with Crippen LogP contribution in [-0.4, -0.2) is 28.2 Å². The van der Waals surface area contributed by atoms with Crippen LogP contribution in [0.5, 0.6) is 0 Å². The van der Waals surface area contributed by atoms with E-state index < -0.39 is 17.5 Å². The van der Waals surface area contributed by atoms with Gasteiger partial charge in [-0.2, -0.15) is 0 Å². The molecular formula is C18H26N2O5.